The van der Waals surface area contributed by atoms with E-state index in [2.05, 4.69) is 19.8 Å². The molecular formula is C16H20N6O. The highest BCUT2D eigenvalue weighted by Gasteiger charge is 2.33. The monoisotopic (exact) mass is 320 g/mol. The van der Waals surface area contributed by atoms with Crippen molar-refractivity contribution in [2.75, 3.05) is 31.5 Å². The number of carbonyl (C=O) groups is 1. The number of hydrogen-bond donors (Lipinski definition) is 1. The van der Waals surface area contributed by atoms with E-state index in [1.54, 1.807) is 0 Å². The first-order chi connectivity index (χ1) is 14.3. The lowest BCUT2D eigenvalue weighted by atomic mass is 9.92. The Morgan fingerprint density at radius 1 is 1.74 bits per heavy atom. The van der Waals surface area contributed by atoms with Crippen LogP contribution in [0.1, 0.15) is 24.2 Å². The van der Waals surface area contributed by atoms with Crippen molar-refractivity contribution >= 4 is 22.8 Å². The molecule has 120 valence electrons. The Hall–Kier alpha value is -2.62. The number of fused-ring (bicyclic) bond motifs is 1. The van der Waals surface area contributed by atoms with Gasteiger partial charge >= 0.3 is 5.91 Å². The standard InChI is InChI=1S/C16H20N6O/c1-11-5-7-22(14(23)8-17-2)9-13(11)21(3)16-12-4-6-18-15(12)19-10-20-16/h4,6,10-11,13H,5,7-9H2,1,3H3,(H,18,19,20)/t11-,13+/m1/s1/i1D3,3D3,10D,11D. The van der Waals surface area contributed by atoms with Gasteiger partial charge in [-0.25, -0.2) is 16.5 Å². The van der Waals surface area contributed by atoms with Gasteiger partial charge in [-0.05, 0) is 18.4 Å². The predicted octanol–water partition coefficient (Wildman–Crippen LogP) is 1.55. The Morgan fingerprint density at radius 3 is 3.43 bits per heavy atom. The molecule has 3 heterocycles. The number of carbonyl (C=O) groups excluding carboxylic acids is 1. The molecule has 1 aliphatic rings. The summed E-state index contributed by atoms with van der Waals surface area (Å²) in [5.41, 5.74) is 0.186. The summed E-state index contributed by atoms with van der Waals surface area (Å²) in [6, 6.07) is -0.0162. The summed E-state index contributed by atoms with van der Waals surface area (Å²) < 4.78 is 64.8. The van der Waals surface area contributed by atoms with Gasteiger partial charge < -0.3 is 19.6 Å². The van der Waals surface area contributed by atoms with Gasteiger partial charge in [0.2, 0.25) is 0 Å². The zero-order chi connectivity index (χ0) is 23.2. The first-order valence-electron chi connectivity index (χ1n) is 11.0. The SMILES string of the molecule is [2H]c1nc(N([C@H]2CN(C(=O)C[N+]#[C-])CC[C@@]2([2H])C([2H])([2H])[2H])C([2H])([2H])[2H])c2cc[nH]c2n1. The van der Waals surface area contributed by atoms with Gasteiger partial charge in [-0.15, -0.1) is 0 Å². The number of likely N-dealkylation sites (N-methyl/N-ethyl adjacent to an activating group) is 1. The first-order valence-corrected chi connectivity index (χ1v) is 7.01. The van der Waals surface area contributed by atoms with E-state index >= 15 is 0 Å². The van der Waals surface area contributed by atoms with Crippen LogP contribution in [0.2, 0.25) is 0 Å². The molecule has 1 aliphatic heterocycles. The maximum Gasteiger partial charge on any atom is 0.302 e. The lowest BCUT2D eigenvalue weighted by Crippen LogP contribution is -2.53. The molecule has 1 saturated heterocycles. The van der Waals surface area contributed by atoms with E-state index in [0.717, 1.165) is 4.90 Å². The summed E-state index contributed by atoms with van der Waals surface area (Å²) in [4.78, 5) is 27.9. The van der Waals surface area contributed by atoms with Crippen LogP contribution in [-0.4, -0.2) is 58.4 Å². The summed E-state index contributed by atoms with van der Waals surface area (Å²) in [7, 11) is 0. The number of likely N-dealkylation sites (tertiary alicyclic amines) is 1. The summed E-state index contributed by atoms with van der Waals surface area (Å²) >= 11 is 0. The molecule has 7 nitrogen and oxygen atoms in total. The van der Waals surface area contributed by atoms with Crippen molar-refractivity contribution in [3.63, 3.8) is 0 Å². The maximum absolute atomic E-state index is 12.3. The normalized spacial score (nSPS) is 30.6. The fourth-order valence-corrected chi connectivity index (χ4v) is 2.61. The third-order valence-electron chi connectivity index (χ3n) is 3.84. The van der Waals surface area contributed by atoms with Gasteiger partial charge in [-0.2, -0.15) is 0 Å². The molecule has 0 aliphatic carbocycles. The van der Waals surface area contributed by atoms with Gasteiger partial charge in [0.1, 0.15) is 19.1 Å². The molecule has 1 fully saturated rings. The van der Waals surface area contributed by atoms with Crippen LogP contribution < -0.4 is 4.90 Å². The highest BCUT2D eigenvalue weighted by Crippen LogP contribution is 2.28. The third-order valence-corrected chi connectivity index (χ3v) is 3.84. The second kappa shape index (κ2) is 6.24. The van der Waals surface area contributed by atoms with Crippen molar-refractivity contribution in [2.24, 2.45) is 5.89 Å². The molecule has 2 aromatic rings. The zero-order valence-electron chi connectivity index (χ0n) is 20.2. The number of hydrogen-bond acceptors (Lipinski definition) is 4. The average molecular weight is 320 g/mol. The molecule has 0 radical (unpaired) electrons. The number of anilines is 1. The molecule has 2 atom stereocenters. The lowest BCUT2D eigenvalue weighted by molar-refractivity contribution is -0.130. The fraction of sp³-hybridized carbons (Fsp3) is 0.500. The first kappa shape index (κ1) is 8.29. The van der Waals surface area contributed by atoms with Gasteiger partial charge in [0, 0.05) is 35.9 Å². The second-order valence-electron chi connectivity index (χ2n) is 5.20. The smallest absolute Gasteiger partial charge is 0.302 e. The van der Waals surface area contributed by atoms with Crippen molar-refractivity contribution in [3.8, 4) is 0 Å². The van der Waals surface area contributed by atoms with Gasteiger partial charge in [-0.3, -0.25) is 4.79 Å². The molecule has 0 aromatic carbocycles. The van der Waals surface area contributed by atoms with E-state index < -0.39 is 51.1 Å². The van der Waals surface area contributed by atoms with Crippen LogP contribution in [0.25, 0.3) is 15.9 Å². The maximum atomic E-state index is 12.3. The molecule has 0 saturated carbocycles. The Balaban J connectivity index is 2.21. The lowest BCUT2D eigenvalue weighted by Gasteiger charge is -2.41. The summed E-state index contributed by atoms with van der Waals surface area (Å²) in [6.07, 6.45) is 0.671. The van der Waals surface area contributed by atoms with E-state index in [9.17, 15) is 4.79 Å². The van der Waals surface area contributed by atoms with Crippen molar-refractivity contribution in [2.45, 2.75) is 19.3 Å². The van der Waals surface area contributed by atoms with Crippen molar-refractivity contribution in [1.82, 2.24) is 19.9 Å². The highest BCUT2D eigenvalue weighted by molar-refractivity contribution is 5.87. The Labute approximate surface area is 146 Å². The minimum atomic E-state index is -2.95. The van der Waals surface area contributed by atoms with E-state index in [1.807, 2.05) is 0 Å². The number of rotatable bonds is 3. The number of nitrogens with zero attached hydrogens (tertiary/aromatic N) is 5. The molecule has 7 heteroatoms. The third kappa shape index (κ3) is 2.84. The number of H-pyrrole nitrogens is 1. The van der Waals surface area contributed by atoms with E-state index in [4.69, 9.17) is 17.5 Å². The number of aromatic nitrogens is 3. The van der Waals surface area contributed by atoms with Gasteiger partial charge in [0.15, 0.2) is 0 Å². The number of nitrogens with one attached hydrogen (secondary N) is 1. The summed E-state index contributed by atoms with van der Waals surface area (Å²) in [5, 5.41) is 0.240. The van der Waals surface area contributed by atoms with Crippen LogP contribution in [0.15, 0.2) is 18.6 Å². The van der Waals surface area contributed by atoms with Crippen LogP contribution in [-0.2, 0) is 4.79 Å². The van der Waals surface area contributed by atoms with E-state index in [1.165, 1.54) is 17.2 Å². The number of amides is 1. The van der Waals surface area contributed by atoms with Crippen LogP contribution in [0.4, 0.5) is 5.82 Å². The molecular weight excluding hydrogens is 292 g/mol. The molecule has 2 aromatic heterocycles. The largest absolute Gasteiger partial charge is 0.354 e. The molecule has 3 rings (SSSR count). The molecule has 0 spiro atoms. The Morgan fingerprint density at radius 2 is 2.65 bits per heavy atom. The predicted molar refractivity (Wildman–Crippen MR) is 87.9 cm³/mol. The minimum Gasteiger partial charge on any atom is -0.354 e. The zero-order valence-corrected chi connectivity index (χ0v) is 12.2. The van der Waals surface area contributed by atoms with Gasteiger partial charge in [-0.1, -0.05) is 6.85 Å². The number of piperidine rings is 1. The van der Waals surface area contributed by atoms with E-state index in [0.29, 0.717) is 0 Å². The van der Waals surface area contributed by atoms with Crippen LogP contribution >= 0.6 is 0 Å². The van der Waals surface area contributed by atoms with Gasteiger partial charge in [0.25, 0.3) is 6.54 Å². The molecule has 1 amide bonds. The average Bonchev–Trinajstić information content (AvgIpc) is 3.10. The Bertz CT molecular complexity index is 1030. The summed E-state index contributed by atoms with van der Waals surface area (Å²) in [5.74, 6) is -3.04. The second-order valence-corrected chi connectivity index (χ2v) is 5.20. The minimum absolute atomic E-state index is 0.0887. The molecule has 0 unspecified atom stereocenters. The highest BCUT2D eigenvalue weighted by atomic mass is 16.2. The quantitative estimate of drug-likeness (QED) is 0.871. The van der Waals surface area contributed by atoms with Crippen molar-refractivity contribution < 1.29 is 15.8 Å². The van der Waals surface area contributed by atoms with Crippen LogP contribution in [0.5, 0.6) is 0 Å². The molecule has 23 heavy (non-hydrogen) atoms. The Kier molecular flexibility index (Phi) is 2.25. The van der Waals surface area contributed by atoms with Crippen LogP contribution in [0.3, 0.4) is 0 Å². The van der Waals surface area contributed by atoms with Crippen LogP contribution in [0, 0.1) is 12.5 Å². The molecule has 0 bridgehead atoms. The number of aromatic amines is 1. The van der Waals surface area contributed by atoms with Gasteiger partial charge in [0.05, 0.1) is 11.4 Å². The molecule has 1 N–H and O–H groups in total. The van der Waals surface area contributed by atoms with E-state index in [-0.39, 0.29) is 29.8 Å². The summed E-state index contributed by atoms with van der Waals surface area (Å²) in [6.45, 7) is 0.140. The topological polar surface area (TPSA) is 69.5 Å². The van der Waals surface area contributed by atoms with Crippen molar-refractivity contribution in [3.05, 3.63) is 30.0 Å². The van der Waals surface area contributed by atoms with Crippen molar-refractivity contribution in [1.29, 1.82) is 0 Å². The fourth-order valence-electron chi connectivity index (χ4n) is 2.61.